The van der Waals surface area contributed by atoms with Crippen LogP contribution in [0.15, 0.2) is 12.3 Å². The van der Waals surface area contributed by atoms with Crippen LogP contribution in [0.3, 0.4) is 0 Å². The SMILES string of the molecule is CC(C)C1CCCN(C(=O)c2cc(Cl)ncc2N)CC1. The van der Waals surface area contributed by atoms with Gasteiger partial charge in [-0.2, -0.15) is 0 Å². The Kier molecular flexibility index (Phi) is 4.86. The van der Waals surface area contributed by atoms with Crippen molar-refractivity contribution in [1.82, 2.24) is 9.88 Å². The van der Waals surface area contributed by atoms with Crippen molar-refractivity contribution in [2.45, 2.75) is 33.1 Å². The number of carbonyl (C=O) groups excluding carboxylic acids is 1. The summed E-state index contributed by atoms with van der Waals surface area (Å²) in [6, 6.07) is 1.56. The molecule has 2 rings (SSSR count). The number of nitrogens with two attached hydrogens (primary N) is 1. The number of anilines is 1. The molecule has 0 aromatic carbocycles. The third kappa shape index (κ3) is 3.42. The highest BCUT2D eigenvalue weighted by atomic mass is 35.5. The average molecular weight is 296 g/mol. The molecule has 1 saturated heterocycles. The van der Waals surface area contributed by atoms with Crippen LogP contribution < -0.4 is 5.73 Å². The first-order valence-electron chi connectivity index (χ1n) is 7.19. The minimum atomic E-state index is -0.0313. The fourth-order valence-electron chi connectivity index (χ4n) is 2.79. The van der Waals surface area contributed by atoms with Crippen molar-refractivity contribution in [2.24, 2.45) is 11.8 Å². The molecule has 0 bridgehead atoms. The van der Waals surface area contributed by atoms with Gasteiger partial charge in [0.05, 0.1) is 17.4 Å². The molecule has 0 spiro atoms. The van der Waals surface area contributed by atoms with Gasteiger partial charge in [0.15, 0.2) is 0 Å². The van der Waals surface area contributed by atoms with Crippen LogP contribution in [-0.4, -0.2) is 28.9 Å². The zero-order valence-electron chi connectivity index (χ0n) is 12.1. The smallest absolute Gasteiger partial charge is 0.256 e. The minimum Gasteiger partial charge on any atom is -0.397 e. The molecule has 110 valence electrons. The van der Waals surface area contributed by atoms with Crippen LogP contribution in [0.2, 0.25) is 5.15 Å². The first-order valence-corrected chi connectivity index (χ1v) is 7.57. The van der Waals surface area contributed by atoms with Gasteiger partial charge >= 0.3 is 0 Å². The number of aromatic nitrogens is 1. The quantitative estimate of drug-likeness (QED) is 0.852. The number of amides is 1. The monoisotopic (exact) mass is 295 g/mol. The Balaban J connectivity index is 2.11. The van der Waals surface area contributed by atoms with Crippen LogP contribution >= 0.6 is 11.6 Å². The van der Waals surface area contributed by atoms with E-state index < -0.39 is 0 Å². The summed E-state index contributed by atoms with van der Waals surface area (Å²) in [6.07, 6.45) is 4.74. The van der Waals surface area contributed by atoms with Gasteiger partial charge in [-0.05, 0) is 37.2 Å². The number of halogens is 1. The second kappa shape index (κ2) is 6.44. The van der Waals surface area contributed by atoms with Crippen LogP contribution in [0, 0.1) is 11.8 Å². The number of hydrogen-bond donors (Lipinski definition) is 1. The maximum absolute atomic E-state index is 12.6. The number of rotatable bonds is 2. The van der Waals surface area contributed by atoms with Crippen molar-refractivity contribution in [2.75, 3.05) is 18.8 Å². The molecule has 1 amide bonds. The Labute approximate surface area is 125 Å². The van der Waals surface area contributed by atoms with E-state index in [4.69, 9.17) is 17.3 Å². The lowest BCUT2D eigenvalue weighted by Gasteiger charge is -2.22. The molecular weight excluding hydrogens is 274 g/mol. The van der Waals surface area contributed by atoms with Crippen LogP contribution in [0.25, 0.3) is 0 Å². The molecule has 1 aliphatic rings. The van der Waals surface area contributed by atoms with Gasteiger partial charge in [-0.25, -0.2) is 4.98 Å². The summed E-state index contributed by atoms with van der Waals surface area (Å²) in [7, 11) is 0. The maximum Gasteiger partial charge on any atom is 0.256 e. The summed E-state index contributed by atoms with van der Waals surface area (Å²) < 4.78 is 0. The average Bonchev–Trinajstić information content (AvgIpc) is 2.66. The lowest BCUT2D eigenvalue weighted by Crippen LogP contribution is -2.32. The van der Waals surface area contributed by atoms with Crippen molar-refractivity contribution in [3.05, 3.63) is 23.0 Å². The number of nitrogen functional groups attached to an aromatic ring is 1. The van der Waals surface area contributed by atoms with Crippen molar-refractivity contribution in [3.8, 4) is 0 Å². The molecule has 5 heteroatoms. The molecule has 1 unspecified atom stereocenters. The number of hydrogen-bond acceptors (Lipinski definition) is 3. The van der Waals surface area contributed by atoms with Crippen molar-refractivity contribution in [3.63, 3.8) is 0 Å². The molecule has 1 atom stereocenters. The molecule has 0 aliphatic carbocycles. The second-order valence-electron chi connectivity index (χ2n) is 5.82. The molecule has 2 heterocycles. The normalized spacial score (nSPS) is 20.0. The summed E-state index contributed by atoms with van der Waals surface area (Å²) in [5.74, 6) is 1.34. The fraction of sp³-hybridized carbons (Fsp3) is 0.600. The number of carbonyl (C=O) groups is 1. The van der Waals surface area contributed by atoms with Gasteiger partial charge < -0.3 is 10.6 Å². The van der Waals surface area contributed by atoms with E-state index in [0.29, 0.717) is 28.2 Å². The van der Waals surface area contributed by atoms with Crippen LogP contribution in [0.5, 0.6) is 0 Å². The molecule has 1 aromatic heterocycles. The number of pyridine rings is 1. The van der Waals surface area contributed by atoms with E-state index in [2.05, 4.69) is 18.8 Å². The summed E-state index contributed by atoms with van der Waals surface area (Å²) >= 11 is 5.86. The van der Waals surface area contributed by atoms with Crippen LogP contribution in [0.4, 0.5) is 5.69 Å². The van der Waals surface area contributed by atoms with Gasteiger partial charge in [0.2, 0.25) is 0 Å². The summed E-state index contributed by atoms with van der Waals surface area (Å²) in [5.41, 5.74) is 6.70. The Morgan fingerprint density at radius 1 is 1.45 bits per heavy atom. The number of likely N-dealkylation sites (tertiary alicyclic amines) is 1. The van der Waals surface area contributed by atoms with Gasteiger partial charge in [-0.3, -0.25) is 4.79 Å². The first kappa shape index (κ1) is 15.1. The maximum atomic E-state index is 12.6. The van der Waals surface area contributed by atoms with E-state index in [0.717, 1.165) is 25.9 Å². The Bertz CT molecular complexity index is 490. The molecule has 4 nitrogen and oxygen atoms in total. The lowest BCUT2D eigenvalue weighted by molar-refractivity contribution is 0.0760. The number of nitrogens with zero attached hydrogens (tertiary/aromatic N) is 2. The molecule has 0 saturated carbocycles. The Hall–Kier alpha value is -1.29. The summed E-state index contributed by atoms with van der Waals surface area (Å²) in [5, 5.41) is 0.303. The van der Waals surface area contributed by atoms with E-state index in [-0.39, 0.29) is 5.91 Å². The highest BCUT2D eigenvalue weighted by molar-refractivity contribution is 6.29. The summed E-state index contributed by atoms with van der Waals surface area (Å²) in [4.78, 5) is 18.3. The van der Waals surface area contributed by atoms with Gasteiger partial charge in [0.25, 0.3) is 5.91 Å². The van der Waals surface area contributed by atoms with Gasteiger partial charge in [-0.15, -0.1) is 0 Å². The van der Waals surface area contributed by atoms with E-state index in [9.17, 15) is 4.79 Å². The molecule has 1 aliphatic heterocycles. The van der Waals surface area contributed by atoms with Crippen molar-refractivity contribution in [1.29, 1.82) is 0 Å². The first-order chi connectivity index (χ1) is 9.49. The third-order valence-electron chi connectivity index (χ3n) is 4.13. The highest BCUT2D eigenvalue weighted by Gasteiger charge is 2.24. The highest BCUT2D eigenvalue weighted by Crippen LogP contribution is 2.26. The third-order valence-corrected chi connectivity index (χ3v) is 4.34. The van der Waals surface area contributed by atoms with E-state index in [1.807, 2.05) is 4.90 Å². The second-order valence-corrected chi connectivity index (χ2v) is 6.21. The lowest BCUT2D eigenvalue weighted by atomic mass is 9.89. The van der Waals surface area contributed by atoms with E-state index >= 15 is 0 Å². The zero-order valence-corrected chi connectivity index (χ0v) is 12.9. The van der Waals surface area contributed by atoms with Crippen molar-refractivity contribution >= 4 is 23.2 Å². The predicted octanol–water partition coefficient (Wildman–Crippen LogP) is 3.22. The molecule has 1 aromatic rings. The topological polar surface area (TPSA) is 59.2 Å². The Morgan fingerprint density at radius 2 is 2.20 bits per heavy atom. The Morgan fingerprint density at radius 3 is 2.90 bits per heavy atom. The van der Waals surface area contributed by atoms with Gasteiger partial charge in [0, 0.05) is 13.1 Å². The molecule has 1 fully saturated rings. The van der Waals surface area contributed by atoms with Gasteiger partial charge in [-0.1, -0.05) is 25.4 Å². The predicted molar refractivity (Wildman–Crippen MR) is 81.7 cm³/mol. The van der Waals surface area contributed by atoms with Crippen LogP contribution in [0.1, 0.15) is 43.5 Å². The fourth-order valence-corrected chi connectivity index (χ4v) is 2.95. The molecular formula is C15H22ClN3O. The van der Waals surface area contributed by atoms with Crippen LogP contribution in [-0.2, 0) is 0 Å². The largest absolute Gasteiger partial charge is 0.397 e. The standard InChI is InChI=1S/C15H22ClN3O/c1-10(2)11-4-3-6-19(7-5-11)15(20)12-8-14(16)18-9-13(12)17/h8-11H,3-7,17H2,1-2H3. The van der Waals surface area contributed by atoms with E-state index in [1.54, 1.807) is 6.07 Å². The summed E-state index contributed by atoms with van der Waals surface area (Å²) in [6.45, 7) is 6.09. The molecule has 2 N–H and O–H groups in total. The van der Waals surface area contributed by atoms with E-state index in [1.165, 1.54) is 12.6 Å². The minimum absolute atomic E-state index is 0.0313. The zero-order chi connectivity index (χ0) is 14.7. The molecule has 20 heavy (non-hydrogen) atoms. The van der Waals surface area contributed by atoms with Gasteiger partial charge in [0.1, 0.15) is 5.15 Å². The molecule has 0 radical (unpaired) electrons. The van der Waals surface area contributed by atoms with Crippen molar-refractivity contribution < 1.29 is 4.79 Å².